The van der Waals surface area contributed by atoms with Crippen LogP contribution >= 0.6 is 0 Å². The zero-order valence-corrected chi connectivity index (χ0v) is 11.9. The first kappa shape index (κ1) is 13.8. The minimum absolute atomic E-state index is 0.00162. The second-order valence-corrected chi connectivity index (χ2v) is 9.59. The summed E-state index contributed by atoms with van der Waals surface area (Å²) in [6, 6.07) is 13.8. The molecule has 6 heteroatoms. The zero-order valence-electron chi connectivity index (χ0n) is 10.2. The van der Waals surface area contributed by atoms with Crippen molar-refractivity contribution in [1.29, 1.82) is 4.78 Å². The number of aryl methyl sites for hydroxylation is 1. The maximum absolute atomic E-state index is 12.4. The van der Waals surface area contributed by atoms with Crippen molar-refractivity contribution >= 4 is 17.6 Å². The summed E-state index contributed by atoms with van der Waals surface area (Å²) in [5, 5.41) is 0. The average molecular weight is 295 g/mol. The van der Waals surface area contributed by atoms with E-state index in [0.29, 0.717) is 5.56 Å². The van der Waals surface area contributed by atoms with Gasteiger partial charge in [-0.25, -0.2) is 17.4 Å². The summed E-state index contributed by atoms with van der Waals surface area (Å²) in [5.41, 5.74) is 0.485. The first-order valence-corrected chi connectivity index (χ1v) is 9.08. The van der Waals surface area contributed by atoms with Gasteiger partial charge in [-0.05, 0) is 30.7 Å². The summed E-state index contributed by atoms with van der Waals surface area (Å²) in [6.07, 6.45) is 0. The lowest BCUT2D eigenvalue weighted by Gasteiger charge is -2.11. The Kier molecular flexibility index (Phi) is 3.47. The molecule has 1 unspecified atom stereocenters. The van der Waals surface area contributed by atoms with E-state index in [1.807, 2.05) is 0 Å². The quantitative estimate of drug-likeness (QED) is 0.885. The van der Waals surface area contributed by atoms with Crippen LogP contribution in [-0.4, -0.2) is 12.6 Å². The highest BCUT2D eigenvalue weighted by molar-refractivity contribution is 8.67. The number of hydrogen-bond donors (Lipinski definition) is 1. The van der Waals surface area contributed by atoms with Gasteiger partial charge in [-0.3, -0.25) is 0 Å². The molecule has 0 aromatic heterocycles. The average Bonchev–Trinajstić information content (AvgIpc) is 2.40. The monoisotopic (exact) mass is 295 g/mol. The standard InChI is InChI=1S/C13H13NO3S2/c1-11-7-5-6-10-13(11)19(16,17)18(14,15)12-8-3-2-4-9-12/h2-10,14H,1H3. The van der Waals surface area contributed by atoms with Gasteiger partial charge >= 0.3 is 0 Å². The Hall–Kier alpha value is -1.66. The van der Waals surface area contributed by atoms with Gasteiger partial charge < -0.3 is 0 Å². The molecule has 0 bridgehead atoms. The van der Waals surface area contributed by atoms with Crippen LogP contribution in [0.5, 0.6) is 0 Å². The Bertz CT molecular complexity index is 795. The molecule has 4 nitrogen and oxygen atoms in total. The largest absolute Gasteiger partial charge is 0.269 e. The smallest absolute Gasteiger partial charge is 0.236 e. The van der Waals surface area contributed by atoms with Gasteiger partial charge in [0.05, 0.1) is 9.79 Å². The first-order valence-electron chi connectivity index (χ1n) is 5.52. The SMILES string of the molecule is Cc1ccccc1S(=O)(=O)S(=N)(=O)c1ccccc1. The van der Waals surface area contributed by atoms with E-state index in [4.69, 9.17) is 4.78 Å². The van der Waals surface area contributed by atoms with Gasteiger partial charge in [0.15, 0.2) is 8.76 Å². The molecule has 2 rings (SSSR count). The highest BCUT2D eigenvalue weighted by Crippen LogP contribution is 2.27. The second-order valence-electron chi connectivity index (χ2n) is 4.04. The maximum Gasteiger partial charge on any atom is 0.269 e. The van der Waals surface area contributed by atoms with Crippen LogP contribution in [0.25, 0.3) is 0 Å². The number of rotatable bonds is 3. The molecule has 0 heterocycles. The Morgan fingerprint density at radius 1 is 0.842 bits per heavy atom. The third kappa shape index (κ3) is 2.29. The van der Waals surface area contributed by atoms with Crippen LogP contribution in [0.4, 0.5) is 0 Å². The Balaban J connectivity index is 2.68. The highest BCUT2D eigenvalue weighted by atomic mass is 33.2. The van der Waals surface area contributed by atoms with Crippen molar-refractivity contribution in [1.82, 2.24) is 0 Å². The van der Waals surface area contributed by atoms with Crippen molar-refractivity contribution in [3.63, 3.8) is 0 Å². The van der Waals surface area contributed by atoms with Crippen molar-refractivity contribution in [2.24, 2.45) is 0 Å². The van der Waals surface area contributed by atoms with E-state index in [2.05, 4.69) is 0 Å². The molecule has 1 atom stereocenters. The topological polar surface area (TPSA) is 75.1 Å². The van der Waals surface area contributed by atoms with E-state index >= 15 is 0 Å². The molecule has 0 aliphatic heterocycles. The normalized spacial score (nSPS) is 14.8. The predicted octanol–water partition coefficient (Wildman–Crippen LogP) is 2.79. The van der Waals surface area contributed by atoms with E-state index in [1.165, 1.54) is 18.2 Å². The molecule has 2 aromatic rings. The molecule has 0 radical (unpaired) electrons. The molecule has 0 aliphatic rings. The van der Waals surface area contributed by atoms with Crippen LogP contribution in [0.1, 0.15) is 5.56 Å². The summed E-state index contributed by atoms with van der Waals surface area (Å²) in [5.74, 6) is 0. The van der Waals surface area contributed by atoms with E-state index in [9.17, 15) is 12.6 Å². The van der Waals surface area contributed by atoms with Crippen LogP contribution in [0.2, 0.25) is 0 Å². The van der Waals surface area contributed by atoms with Crippen LogP contribution in [-0.2, 0) is 17.6 Å². The van der Waals surface area contributed by atoms with Gasteiger partial charge in [-0.15, -0.1) is 0 Å². The van der Waals surface area contributed by atoms with E-state index in [1.54, 1.807) is 43.3 Å². The highest BCUT2D eigenvalue weighted by Gasteiger charge is 2.30. The fraction of sp³-hybridized carbons (Fsp3) is 0.0769. The minimum Gasteiger partial charge on any atom is -0.236 e. The number of hydrogen-bond acceptors (Lipinski definition) is 4. The molecule has 0 saturated carbocycles. The Morgan fingerprint density at radius 2 is 1.37 bits per heavy atom. The van der Waals surface area contributed by atoms with E-state index in [-0.39, 0.29) is 9.79 Å². The van der Waals surface area contributed by atoms with E-state index in [0.717, 1.165) is 0 Å². The lowest BCUT2D eigenvalue weighted by Crippen LogP contribution is -2.15. The Labute approximate surface area is 112 Å². The van der Waals surface area contributed by atoms with Gasteiger partial charge in [0.2, 0.25) is 0 Å². The second kappa shape index (κ2) is 4.79. The lowest BCUT2D eigenvalue weighted by molar-refractivity contribution is 0.603. The molecule has 0 fully saturated rings. The molecule has 19 heavy (non-hydrogen) atoms. The molecule has 2 aromatic carbocycles. The fourth-order valence-corrected chi connectivity index (χ4v) is 5.83. The molecule has 0 saturated heterocycles. The van der Waals surface area contributed by atoms with E-state index < -0.39 is 17.6 Å². The molecule has 1 N–H and O–H groups in total. The van der Waals surface area contributed by atoms with Gasteiger partial charge in [0.1, 0.15) is 0 Å². The minimum atomic E-state index is -4.23. The van der Waals surface area contributed by atoms with Crippen LogP contribution in [0, 0.1) is 11.7 Å². The van der Waals surface area contributed by atoms with Crippen molar-refractivity contribution in [2.75, 3.05) is 0 Å². The van der Waals surface area contributed by atoms with Crippen LogP contribution < -0.4 is 0 Å². The van der Waals surface area contributed by atoms with Crippen LogP contribution in [0.15, 0.2) is 64.4 Å². The molecule has 0 spiro atoms. The molecular formula is C13H13NO3S2. The zero-order chi connectivity index (χ0) is 14.1. The number of nitrogens with one attached hydrogen (secondary N) is 1. The molecule has 0 amide bonds. The fourth-order valence-electron chi connectivity index (χ4n) is 1.69. The van der Waals surface area contributed by atoms with Crippen molar-refractivity contribution in [3.8, 4) is 0 Å². The van der Waals surface area contributed by atoms with Gasteiger partial charge in [0.25, 0.3) is 8.87 Å². The van der Waals surface area contributed by atoms with Crippen molar-refractivity contribution in [3.05, 3.63) is 60.2 Å². The van der Waals surface area contributed by atoms with Gasteiger partial charge in [-0.1, -0.05) is 36.4 Å². The Morgan fingerprint density at radius 3 is 1.95 bits per heavy atom. The number of benzene rings is 2. The summed E-state index contributed by atoms with van der Waals surface area (Å²) in [4.78, 5) is -0.0582. The molecule has 0 aliphatic carbocycles. The van der Waals surface area contributed by atoms with Gasteiger partial charge in [0, 0.05) is 0 Å². The molecular weight excluding hydrogens is 282 g/mol. The maximum atomic E-state index is 12.4. The van der Waals surface area contributed by atoms with Gasteiger partial charge in [-0.2, -0.15) is 0 Å². The summed E-state index contributed by atoms with van der Waals surface area (Å²) < 4.78 is 45.1. The summed E-state index contributed by atoms with van der Waals surface area (Å²) >= 11 is 0. The van der Waals surface area contributed by atoms with Crippen LogP contribution in [0.3, 0.4) is 0 Å². The predicted molar refractivity (Wildman–Crippen MR) is 73.9 cm³/mol. The van der Waals surface area contributed by atoms with Crippen molar-refractivity contribution < 1.29 is 12.6 Å². The summed E-state index contributed by atoms with van der Waals surface area (Å²) in [6.45, 7) is 1.62. The molecule has 100 valence electrons. The summed E-state index contributed by atoms with van der Waals surface area (Å²) in [7, 11) is -8.17. The lowest BCUT2D eigenvalue weighted by atomic mass is 10.2. The third-order valence-electron chi connectivity index (χ3n) is 2.73. The first-order chi connectivity index (χ1) is 8.87. The third-order valence-corrected chi connectivity index (χ3v) is 8.20. The van der Waals surface area contributed by atoms with Crippen molar-refractivity contribution in [2.45, 2.75) is 16.7 Å².